The molecule has 0 bridgehead atoms. The molecule has 0 spiro atoms. The van der Waals surface area contributed by atoms with Crippen LogP contribution in [0, 0.1) is 5.82 Å². The maximum absolute atomic E-state index is 14.0. The van der Waals surface area contributed by atoms with Gasteiger partial charge >= 0.3 is 0 Å². The lowest BCUT2D eigenvalue weighted by atomic mass is 10.0. The smallest absolute Gasteiger partial charge is 0.254 e. The largest absolute Gasteiger partial charge is 0.383 e. The molecule has 0 radical (unpaired) electrons. The first-order chi connectivity index (χ1) is 13.1. The molecule has 2 aromatic heterocycles. The van der Waals surface area contributed by atoms with E-state index in [0.717, 1.165) is 11.8 Å². The summed E-state index contributed by atoms with van der Waals surface area (Å²) in [5, 5.41) is 4.15. The van der Waals surface area contributed by atoms with Crippen molar-refractivity contribution >= 4 is 5.91 Å². The molecule has 0 aliphatic rings. The summed E-state index contributed by atoms with van der Waals surface area (Å²) < 4.78 is 20.9. The minimum Gasteiger partial charge on any atom is -0.383 e. The Morgan fingerprint density at radius 1 is 1.30 bits per heavy atom. The highest BCUT2D eigenvalue weighted by Crippen LogP contribution is 2.23. The number of aromatic nitrogens is 3. The molecule has 0 fully saturated rings. The first-order valence-corrected chi connectivity index (χ1v) is 8.54. The van der Waals surface area contributed by atoms with Crippen molar-refractivity contribution in [3.8, 4) is 11.1 Å². The van der Waals surface area contributed by atoms with Crippen molar-refractivity contribution in [3.63, 3.8) is 0 Å². The van der Waals surface area contributed by atoms with Crippen LogP contribution < -0.4 is 0 Å². The zero-order valence-electron chi connectivity index (χ0n) is 15.3. The number of rotatable bonds is 7. The van der Waals surface area contributed by atoms with Crippen molar-refractivity contribution in [3.05, 3.63) is 72.1 Å². The second-order valence-corrected chi connectivity index (χ2v) is 6.18. The normalized spacial score (nSPS) is 10.8. The summed E-state index contributed by atoms with van der Waals surface area (Å²) in [4.78, 5) is 18.5. The van der Waals surface area contributed by atoms with Crippen LogP contribution in [0.3, 0.4) is 0 Å². The Balaban J connectivity index is 1.87. The van der Waals surface area contributed by atoms with E-state index in [2.05, 4.69) is 10.1 Å². The summed E-state index contributed by atoms with van der Waals surface area (Å²) in [6.07, 6.45) is 6.29. The highest BCUT2D eigenvalue weighted by molar-refractivity contribution is 5.95. The van der Waals surface area contributed by atoms with Crippen LogP contribution in [0.5, 0.6) is 0 Å². The number of nitrogens with zero attached hydrogens (tertiary/aromatic N) is 4. The third-order valence-corrected chi connectivity index (χ3v) is 4.18. The number of hydrogen-bond donors (Lipinski definition) is 0. The molecule has 1 amide bonds. The topological polar surface area (TPSA) is 60.2 Å². The minimum absolute atomic E-state index is 0.146. The van der Waals surface area contributed by atoms with Gasteiger partial charge in [0, 0.05) is 56.3 Å². The molecule has 0 N–H and O–H groups in total. The quantitative estimate of drug-likeness (QED) is 0.643. The van der Waals surface area contributed by atoms with E-state index in [0.29, 0.717) is 36.4 Å². The molecule has 0 unspecified atom stereocenters. The number of halogens is 1. The van der Waals surface area contributed by atoms with Crippen molar-refractivity contribution in [2.45, 2.75) is 6.54 Å². The molecule has 0 aliphatic heterocycles. The van der Waals surface area contributed by atoms with Crippen molar-refractivity contribution in [1.82, 2.24) is 19.7 Å². The lowest BCUT2D eigenvalue weighted by Crippen LogP contribution is -2.33. The van der Waals surface area contributed by atoms with E-state index in [1.807, 2.05) is 13.2 Å². The molecule has 27 heavy (non-hydrogen) atoms. The van der Waals surface area contributed by atoms with E-state index in [-0.39, 0.29) is 5.91 Å². The number of carbonyl (C=O) groups is 1. The van der Waals surface area contributed by atoms with Crippen molar-refractivity contribution < 1.29 is 13.9 Å². The fraction of sp³-hybridized carbons (Fsp3) is 0.250. The van der Waals surface area contributed by atoms with Gasteiger partial charge in [-0.1, -0.05) is 12.1 Å². The number of aryl methyl sites for hydroxylation is 1. The van der Waals surface area contributed by atoms with Crippen molar-refractivity contribution in [2.75, 3.05) is 20.3 Å². The van der Waals surface area contributed by atoms with Crippen molar-refractivity contribution in [1.29, 1.82) is 0 Å². The van der Waals surface area contributed by atoms with Crippen LogP contribution in [0.15, 0.2) is 55.1 Å². The van der Waals surface area contributed by atoms with Crippen LogP contribution in [0.1, 0.15) is 15.9 Å². The average molecular weight is 368 g/mol. The maximum Gasteiger partial charge on any atom is 0.254 e. The number of amides is 1. The van der Waals surface area contributed by atoms with Crippen molar-refractivity contribution in [2.24, 2.45) is 7.05 Å². The zero-order valence-corrected chi connectivity index (χ0v) is 15.3. The van der Waals surface area contributed by atoms with Gasteiger partial charge in [0.25, 0.3) is 5.91 Å². The summed E-state index contributed by atoms with van der Waals surface area (Å²) in [5.74, 6) is -0.569. The predicted octanol–water partition coefficient (Wildman–Crippen LogP) is 2.91. The molecule has 7 heteroatoms. The molecule has 0 saturated carbocycles. The lowest BCUT2D eigenvalue weighted by Gasteiger charge is -2.22. The fourth-order valence-electron chi connectivity index (χ4n) is 2.84. The zero-order chi connectivity index (χ0) is 19.2. The van der Waals surface area contributed by atoms with Gasteiger partial charge in [-0.3, -0.25) is 14.5 Å². The molecule has 0 atom stereocenters. The number of pyridine rings is 1. The van der Waals surface area contributed by atoms with Gasteiger partial charge in [0.15, 0.2) is 0 Å². The summed E-state index contributed by atoms with van der Waals surface area (Å²) in [5.41, 5.74) is 2.46. The first kappa shape index (κ1) is 18.7. The SMILES string of the molecule is COCCN(Cc1cnn(C)c1)C(=O)c1cccc(-c2ccncc2F)c1. The molecular formula is C20H21FN4O2. The molecule has 140 valence electrons. The van der Waals surface area contributed by atoms with Crippen LogP contribution in [0.4, 0.5) is 4.39 Å². The third-order valence-electron chi connectivity index (χ3n) is 4.18. The molecule has 0 aliphatic carbocycles. The molecule has 1 aromatic carbocycles. The van der Waals surface area contributed by atoms with Gasteiger partial charge in [0.1, 0.15) is 5.82 Å². The number of benzene rings is 1. The van der Waals surface area contributed by atoms with Gasteiger partial charge in [-0.25, -0.2) is 4.39 Å². The molecule has 3 rings (SSSR count). The van der Waals surface area contributed by atoms with Crippen LogP contribution >= 0.6 is 0 Å². The standard InChI is InChI=1S/C20H21FN4O2/c1-24-13-15(11-23-24)14-25(8-9-27-2)20(26)17-5-3-4-16(10-17)18-6-7-22-12-19(18)21/h3-7,10-13H,8-9,14H2,1-2H3. The van der Waals surface area contributed by atoms with Gasteiger partial charge < -0.3 is 9.64 Å². The van der Waals surface area contributed by atoms with Gasteiger partial charge in [0.05, 0.1) is 19.0 Å². The highest BCUT2D eigenvalue weighted by Gasteiger charge is 2.18. The fourth-order valence-corrected chi connectivity index (χ4v) is 2.84. The van der Waals surface area contributed by atoms with Crippen LogP contribution in [-0.4, -0.2) is 45.8 Å². The van der Waals surface area contributed by atoms with Gasteiger partial charge in [-0.2, -0.15) is 5.10 Å². The minimum atomic E-state index is -0.423. The Bertz CT molecular complexity index is 926. The molecule has 0 saturated heterocycles. The van der Waals surface area contributed by atoms with Crippen LogP contribution in [0.2, 0.25) is 0 Å². The van der Waals surface area contributed by atoms with E-state index in [1.54, 1.807) is 53.2 Å². The first-order valence-electron chi connectivity index (χ1n) is 8.54. The molecular weight excluding hydrogens is 347 g/mol. The second-order valence-electron chi connectivity index (χ2n) is 6.18. The molecule has 6 nitrogen and oxygen atoms in total. The van der Waals surface area contributed by atoms with Crippen LogP contribution in [-0.2, 0) is 18.3 Å². The van der Waals surface area contributed by atoms with E-state index in [9.17, 15) is 9.18 Å². The Hall–Kier alpha value is -3.06. The van der Waals surface area contributed by atoms with E-state index >= 15 is 0 Å². The Morgan fingerprint density at radius 2 is 2.15 bits per heavy atom. The monoisotopic (exact) mass is 368 g/mol. The van der Waals surface area contributed by atoms with E-state index in [1.165, 1.54) is 6.20 Å². The van der Waals surface area contributed by atoms with Gasteiger partial charge in [-0.15, -0.1) is 0 Å². The Labute approximate surface area is 157 Å². The average Bonchev–Trinajstić information content (AvgIpc) is 3.10. The molecule has 2 heterocycles. The Kier molecular flexibility index (Phi) is 5.93. The number of hydrogen-bond acceptors (Lipinski definition) is 4. The third kappa shape index (κ3) is 4.57. The number of methoxy groups -OCH3 is 1. The molecule has 3 aromatic rings. The second kappa shape index (κ2) is 8.55. The number of carbonyl (C=O) groups excluding carboxylic acids is 1. The van der Waals surface area contributed by atoms with E-state index < -0.39 is 5.82 Å². The van der Waals surface area contributed by atoms with Gasteiger partial charge in [0.2, 0.25) is 0 Å². The van der Waals surface area contributed by atoms with E-state index in [4.69, 9.17) is 4.74 Å². The summed E-state index contributed by atoms with van der Waals surface area (Å²) in [7, 11) is 3.43. The number of ether oxygens (including phenoxy) is 1. The predicted molar refractivity (Wildman–Crippen MR) is 99.5 cm³/mol. The van der Waals surface area contributed by atoms with Gasteiger partial charge in [-0.05, 0) is 23.8 Å². The summed E-state index contributed by atoms with van der Waals surface area (Å²) in [6.45, 7) is 1.28. The maximum atomic E-state index is 14.0. The Morgan fingerprint density at radius 3 is 2.85 bits per heavy atom. The summed E-state index contributed by atoms with van der Waals surface area (Å²) >= 11 is 0. The summed E-state index contributed by atoms with van der Waals surface area (Å²) in [6, 6.07) is 8.55. The highest BCUT2D eigenvalue weighted by atomic mass is 19.1. The lowest BCUT2D eigenvalue weighted by molar-refractivity contribution is 0.0680. The van der Waals surface area contributed by atoms with Crippen LogP contribution in [0.25, 0.3) is 11.1 Å².